The van der Waals surface area contributed by atoms with Crippen LogP contribution in [0.15, 0.2) is 84.9 Å². The number of nitrogens with one attached hydrogen (secondary N) is 1. The average molecular weight is 355 g/mol. The largest absolute Gasteiger partial charge is 0.347 e. The fourth-order valence-corrected chi connectivity index (χ4v) is 2.97. The van der Waals surface area contributed by atoms with E-state index in [0.29, 0.717) is 5.56 Å². The minimum absolute atomic E-state index is 0.0620. The second-order valence-electron chi connectivity index (χ2n) is 7.58. The van der Waals surface area contributed by atoms with E-state index in [-0.39, 0.29) is 11.4 Å². The number of amides is 1. The predicted molar refractivity (Wildman–Crippen MR) is 114 cm³/mol. The lowest BCUT2D eigenvalue weighted by molar-refractivity contribution is 0.0919. The zero-order chi connectivity index (χ0) is 19.3. The molecule has 0 fully saturated rings. The van der Waals surface area contributed by atoms with E-state index in [0.717, 1.165) is 22.3 Å². The smallest absolute Gasteiger partial charge is 0.252 e. The van der Waals surface area contributed by atoms with E-state index in [2.05, 4.69) is 35.7 Å². The summed E-state index contributed by atoms with van der Waals surface area (Å²) >= 11 is 0. The third kappa shape index (κ3) is 4.95. The van der Waals surface area contributed by atoms with Crippen LogP contribution in [0.3, 0.4) is 0 Å². The van der Waals surface area contributed by atoms with Crippen molar-refractivity contribution in [2.45, 2.75) is 26.3 Å². The van der Waals surface area contributed by atoms with E-state index in [9.17, 15) is 4.79 Å². The predicted octanol–water partition coefficient (Wildman–Crippen LogP) is 5.80. The Hall–Kier alpha value is -3.13. The minimum Gasteiger partial charge on any atom is -0.347 e. The minimum atomic E-state index is -0.291. The van der Waals surface area contributed by atoms with Gasteiger partial charge in [-0.25, -0.2) is 0 Å². The molecule has 0 spiro atoms. The van der Waals surface area contributed by atoms with E-state index in [1.165, 1.54) is 0 Å². The molecule has 0 atom stereocenters. The van der Waals surface area contributed by atoms with Crippen LogP contribution in [0.1, 0.15) is 47.8 Å². The van der Waals surface area contributed by atoms with Gasteiger partial charge < -0.3 is 5.32 Å². The van der Waals surface area contributed by atoms with Crippen LogP contribution in [0.2, 0.25) is 0 Å². The maximum Gasteiger partial charge on any atom is 0.252 e. The van der Waals surface area contributed by atoms with Crippen LogP contribution in [0.25, 0.3) is 11.6 Å². The first-order valence-electron chi connectivity index (χ1n) is 9.18. The normalized spacial score (nSPS) is 11.9. The summed E-state index contributed by atoms with van der Waals surface area (Å²) in [5.74, 6) is -0.0620. The first-order chi connectivity index (χ1) is 12.9. The third-order valence-corrected chi connectivity index (χ3v) is 4.15. The molecule has 3 aromatic rings. The van der Waals surface area contributed by atoms with Gasteiger partial charge in [0.2, 0.25) is 0 Å². The molecule has 0 saturated heterocycles. The molecule has 0 aromatic heterocycles. The van der Waals surface area contributed by atoms with Crippen molar-refractivity contribution < 1.29 is 4.79 Å². The molecule has 1 N–H and O–H groups in total. The van der Waals surface area contributed by atoms with Gasteiger partial charge in [-0.1, -0.05) is 78.9 Å². The van der Waals surface area contributed by atoms with Crippen molar-refractivity contribution in [1.82, 2.24) is 5.32 Å². The van der Waals surface area contributed by atoms with E-state index in [1.807, 2.05) is 81.4 Å². The number of rotatable bonds is 4. The molecule has 27 heavy (non-hydrogen) atoms. The van der Waals surface area contributed by atoms with Gasteiger partial charge in [0.1, 0.15) is 0 Å². The lowest BCUT2D eigenvalue weighted by Crippen LogP contribution is -2.40. The topological polar surface area (TPSA) is 29.1 Å². The van der Waals surface area contributed by atoms with Crippen molar-refractivity contribution in [3.05, 3.63) is 107 Å². The summed E-state index contributed by atoms with van der Waals surface area (Å²) in [5.41, 5.74) is 4.52. The molecule has 3 rings (SSSR count). The number of hydrogen-bond donors (Lipinski definition) is 1. The molecule has 0 saturated carbocycles. The van der Waals surface area contributed by atoms with Crippen molar-refractivity contribution in [3.63, 3.8) is 0 Å². The highest BCUT2D eigenvalue weighted by atomic mass is 16.1. The molecular formula is C25H25NO. The van der Waals surface area contributed by atoms with Gasteiger partial charge in [-0.05, 0) is 55.2 Å². The number of carbonyl (C=O) groups excluding carboxylic acids is 1. The molecule has 3 aromatic carbocycles. The maximum absolute atomic E-state index is 12.9. The molecular weight excluding hydrogens is 330 g/mol. The summed E-state index contributed by atoms with van der Waals surface area (Å²) in [6, 6.07) is 28.2. The number of benzene rings is 3. The summed E-state index contributed by atoms with van der Waals surface area (Å²) in [6.07, 6.45) is 2.14. The molecule has 0 heterocycles. The number of carbonyl (C=O) groups is 1. The maximum atomic E-state index is 12.9. The summed E-state index contributed by atoms with van der Waals surface area (Å²) in [7, 11) is 0. The summed E-state index contributed by atoms with van der Waals surface area (Å²) in [6.45, 7) is 5.97. The molecule has 0 bridgehead atoms. The molecule has 2 heteroatoms. The van der Waals surface area contributed by atoms with Crippen molar-refractivity contribution >= 4 is 17.6 Å². The van der Waals surface area contributed by atoms with Crippen LogP contribution in [-0.4, -0.2) is 11.4 Å². The molecule has 136 valence electrons. The Labute approximate surface area is 161 Å². The van der Waals surface area contributed by atoms with Crippen molar-refractivity contribution in [3.8, 4) is 0 Å². The van der Waals surface area contributed by atoms with Crippen LogP contribution in [0.5, 0.6) is 0 Å². The van der Waals surface area contributed by atoms with Crippen LogP contribution >= 0.6 is 0 Å². The zero-order valence-corrected chi connectivity index (χ0v) is 16.1. The molecule has 0 aliphatic rings. The van der Waals surface area contributed by atoms with Crippen LogP contribution in [0, 0.1) is 0 Å². The van der Waals surface area contributed by atoms with Gasteiger partial charge in [0.25, 0.3) is 5.91 Å². The van der Waals surface area contributed by atoms with Crippen LogP contribution in [-0.2, 0) is 0 Å². The van der Waals surface area contributed by atoms with Crippen molar-refractivity contribution in [1.29, 1.82) is 0 Å². The average Bonchev–Trinajstić information content (AvgIpc) is 2.66. The second-order valence-corrected chi connectivity index (χ2v) is 7.58. The van der Waals surface area contributed by atoms with Gasteiger partial charge in [-0.2, -0.15) is 0 Å². The SMILES string of the molecule is CC(C)(C)NC(=O)c1ccccc1/C(=C/c1ccccc1)c1ccccc1. The molecule has 2 nitrogen and oxygen atoms in total. The Morgan fingerprint density at radius 1 is 0.741 bits per heavy atom. The van der Waals surface area contributed by atoms with Crippen molar-refractivity contribution in [2.75, 3.05) is 0 Å². The van der Waals surface area contributed by atoms with E-state index < -0.39 is 0 Å². The molecule has 0 aliphatic carbocycles. The van der Waals surface area contributed by atoms with E-state index in [4.69, 9.17) is 0 Å². The Balaban J connectivity index is 2.14. The Bertz CT molecular complexity index is 935. The molecule has 1 amide bonds. The first-order valence-corrected chi connectivity index (χ1v) is 9.18. The lowest BCUT2D eigenvalue weighted by atomic mass is 9.91. The summed E-state index contributed by atoms with van der Waals surface area (Å²) in [5, 5.41) is 3.08. The van der Waals surface area contributed by atoms with Gasteiger partial charge in [-0.15, -0.1) is 0 Å². The zero-order valence-electron chi connectivity index (χ0n) is 16.1. The Morgan fingerprint density at radius 2 is 1.26 bits per heavy atom. The van der Waals surface area contributed by atoms with Gasteiger partial charge in [0.05, 0.1) is 0 Å². The molecule has 0 radical (unpaired) electrons. The van der Waals surface area contributed by atoms with E-state index >= 15 is 0 Å². The monoisotopic (exact) mass is 355 g/mol. The van der Waals surface area contributed by atoms with E-state index in [1.54, 1.807) is 0 Å². The van der Waals surface area contributed by atoms with Gasteiger partial charge in [0.15, 0.2) is 0 Å². The fourth-order valence-electron chi connectivity index (χ4n) is 2.97. The highest BCUT2D eigenvalue weighted by Crippen LogP contribution is 2.29. The third-order valence-electron chi connectivity index (χ3n) is 4.15. The summed E-state index contributed by atoms with van der Waals surface area (Å²) < 4.78 is 0. The first kappa shape index (κ1) is 18.7. The van der Waals surface area contributed by atoms with Crippen LogP contribution in [0.4, 0.5) is 0 Å². The second kappa shape index (κ2) is 8.05. The van der Waals surface area contributed by atoms with Gasteiger partial charge in [0, 0.05) is 11.1 Å². The van der Waals surface area contributed by atoms with Crippen molar-refractivity contribution in [2.24, 2.45) is 0 Å². The highest BCUT2D eigenvalue weighted by Gasteiger charge is 2.19. The Kier molecular flexibility index (Phi) is 5.56. The van der Waals surface area contributed by atoms with Gasteiger partial charge in [-0.3, -0.25) is 4.79 Å². The molecule has 0 aliphatic heterocycles. The highest BCUT2D eigenvalue weighted by molar-refractivity contribution is 6.04. The van der Waals surface area contributed by atoms with Crippen LogP contribution < -0.4 is 5.32 Å². The Morgan fingerprint density at radius 3 is 1.85 bits per heavy atom. The fraction of sp³-hybridized carbons (Fsp3) is 0.160. The van der Waals surface area contributed by atoms with Gasteiger partial charge >= 0.3 is 0 Å². The summed E-state index contributed by atoms with van der Waals surface area (Å²) in [4.78, 5) is 12.9. The lowest BCUT2D eigenvalue weighted by Gasteiger charge is -2.22. The quantitative estimate of drug-likeness (QED) is 0.588. The molecule has 0 unspecified atom stereocenters. The standard InChI is InChI=1S/C25H25NO/c1-25(2,3)26-24(27)22-17-11-10-16-21(22)23(20-14-8-5-9-15-20)18-19-12-6-4-7-13-19/h4-18H,1-3H3,(H,26,27)/b23-18+. The number of hydrogen-bond acceptors (Lipinski definition) is 1.